The molecule has 0 bridgehead atoms. The lowest BCUT2D eigenvalue weighted by Gasteiger charge is -2.39. The number of nitrogens with zero attached hydrogens (tertiary/aromatic N) is 1. The SMILES string of the molecule is CC(C)(CN1CCSCC1S(C)(=O)=O)c1ccc(N)cc1. The van der Waals surface area contributed by atoms with Crippen molar-refractivity contribution in [1.82, 2.24) is 4.90 Å². The highest BCUT2D eigenvalue weighted by atomic mass is 32.2. The fourth-order valence-electron chi connectivity index (χ4n) is 2.72. The first-order valence-electron chi connectivity index (χ1n) is 7.07. The molecule has 0 saturated carbocycles. The Labute approximate surface area is 132 Å². The zero-order valence-electron chi connectivity index (χ0n) is 12.9. The summed E-state index contributed by atoms with van der Waals surface area (Å²) in [4.78, 5) is 2.11. The second-order valence-electron chi connectivity index (χ2n) is 6.34. The summed E-state index contributed by atoms with van der Waals surface area (Å²) in [6.07, 6.45) is 1.34. The van der Waals surface area contributed by atoms with Crippen LogP contribution in [0, 0.1) is 0 Å². The molecule has 2 N–H and O–H groups in total. The van der Waals surface area contributed by atoms with E-state index in [1.165, 1.54) is 11.8 Å². The van der Waals surface area contributed by atoms with Gasteiger partial charge in [-0.05, 0) is 17.7 Å². The van der Waals surface area contributed by atoms with Gasteiger partial charge in [-0.25, -0.2) is 8.42 Å². The maximum atomic E-state index is 12.0. The molecule has 1 atom stereocenters. The van der Waals surface area contributed by atoms with Crippen molar-refractivity contribution in [3.8, 4) is 0 Å². The van der Waals surface area contributed by atoms with E-state index in [2.05, 4.69) is 18.7 Å². The van der Waals surface area contributed by atoms with Crippen LogP contribution in [0.4, 0.5) is 5.69 Å². The molecule has 1 aromatic carbocycles. The Morgan fingerprint density at radius 1 is 1.33 bits per heavy atom. The Morgan fingerprint density at radius 2 is 1.95 bits per heavy atom. The van der Waals surface area contributed by atoms with Gasteiger partial charge in [0.2, 0.25) is 0 Å². The van der Waals surface area contributed by atoms with E-state index in [1.807, 2.05) is 24.3 Å². The minimum absolute atomic E-state index is 0.112. The van der Waals surface area contributed by atoms with Gasteiger partial charge >= 0.3 is 0 Å². The molecule has 1 aliphatic rings. The van der Waals surface area contributed by atoms with Crippen LogP contribution in [-0.4, -0.2) is 49.5 Å². The van der Waals surface area contributed by atoms with Crippen LogP contribution in [-0.2, 0) is 15.3 Å². The predicted molar refractivity (Wildman–Crippen MR) is 91.4 cm³/mol. The molecule has 4 nitrogen and oxygen atoms in total. The highest BCUT2D eigenvalue weighted by Gasteiger charge is 2.34. The molecule has 1 unspecified atom stereocenters. The average Bonchev–Trinajstić information content (AvgIpc) is 2.38. The van der Waals surface area contributed by atoms with Gasteiger partial charge < -0.3 is 5.73 Å². The molecule has 1 fully saturated rings. The van der Waals surface area contributed by atoms with Gasteiger partial charge in [0, 0.05) is 42.0 Å². The maximum Gasteiger partial charge on any atom is 0.164 e. The second kappa shape index (κ2) is 6.18. The summed E-state index contributed by atoms with van der Waals surface area (Å²) in [6.45, 7) is 5.86. The zero-order chi connectivity index (χ0) is 15.7. The molecule has 21 heavy (non-hydrogen) atoms. The topological polar surface area (TPSA) is 63.4 Å². The highest BCUT2D eigenvalue weighted by Crippen LogP contribution is 2.29. The first-order valence-corrected chi connectivity index (χ1v) is 10.2. The molecule has 0 radical (unpaired) electrons. The summed E-state index contributed by atoms with van der Waals surface area (Å²) in [5, 5.41) is -0.371. The number of nitrogens with two attached hydrogens (primary N) is 1. The van der Waals surface area contributed by atoms with Crippen LogP contribution in [0.15, 0.2) is 24.3 Å². The third kappa shape index (κ3) is 4.14. The van der Waals surface area contributed by atoms with Crippen molar-refractivity contribution in [2.24, 2.45) is 0 Å². The van der Waals surface area contributed by atoms with Crippen molar-refractivity contribution in [2.45, 2.75) is 24.6 Å². The van der Waals surface area contributed by atoms with Crippen molar-refractivity contribution in [1.29, 1.82) is 0 Å². The van der Waals surface area contributed by atoms with Crippen LogP contribution >= 0.6 is 11.8 Å². The van der Waals surface area contributed by atoms with Crippen molar-refractivity contribution in [2.75, 3.05) is 36.6 Å². The van der Waals surface area contributed by atoms with Gasteiger partial charge in [0.25, 0.3) is 0 Å². The van der Waals surface area contributed by atoms with E-state index in [4.69, 9.17) is 5.73 Å². The number of thioether (sulfide) groups is 1. The van der Waals surface area contributed by atoms with Crippen molar-refractivity contribution in [3.05, 3.63) is 29.8 Å². The number of hydrogen-bond donors (Lipinski definition) is 1. The lowest BCUT2D eigenvalue weighted by atomic mass is 9.84. The van der Waals surface area contributed by atoms with Gasteiger partial charge in [0.05, 0.1) is 0 Å². The van der Waals surface area contributed by atoms with Gasteiger partial charge in [0.15, 0.2) is 9.84 Å². The number of benzene rings is 1. The summed E-state index contributed by atoms with van der Waals surface area (Å²) in [6, 6.07) is 7.86. The summed E-state index contributed by atoms with van der Waals surface area (Å²) in [7, 11) is -3.05. The lowest BCUT2D eigenvalue weighted by molar-refractivity contribution is 0.220. The van der Waals surface area contributed by atoms with Crippen LogP contribution in [0.1, 0.15) is 19.4 Å². The van der Waals surface area contributed by atoms with E-state index in [-0.39, 0.29) is 10.8 Å². The molecule has 2 rings (SSSR count). The average molecular weight is 329 g/mol. The van der Waals surface area contributed by atoms with Crippen LogP contribution in [0.5, 0.6) is 0 Å². The number of anilines is 1. The van der Waals surface area contributed by atoms with Gasteiger partial charge in [-0.3, -0.25) is 4.90 Å². The van der Waals surface area contributed by atoms with Gasteiger partial charge in [-0.1, -0.05) is 26.0 Å². The Hall–Kier alpha value is -0.720. The van der Waals surface area contributed by atoms with Crippen LogP contribution in [0.25, 0.3) is 0 Å². The molecule has 1 heterocycles. The molecule has 1 aromatic rings. The first-order chi connectivity index (χ1) is 9.70. The van der Waals surface area contributed by atoms with Crippen molar-refractivity contribution in [3.63, 3.8) is 0 Å². The summed E-state index contributed by atoms with van der Waals surface area (Å²) >= 11 is 1.72. The van der Waals surface area contributed by atoms with E-state index in [0.29, 0.717) is 5.75 Å². The third-order valence-electron chi connectivity index (χ3n) is 3.98. The fraction of sp³-hybridized carbons (Fsp3) is 0.600. The Morgan fingerprint density at radius 3 is 2.52 bits per heavy atom. The molecule has 0 aliphatic carbocycles. The van der Waals surface area contributed by atoms with Crippen LogP contribution in [0.2, 0.25) is 0 Å². The van der Waals surface area contributed by atoms with E-state index in [1.54, 1.807) is 11.8 Å². The molecular formula is C15H24N2O2S2. The first kappa shape index (κ1) is 16.6. The van der Waals surface area contributed by atoms with Gasteiger partial charge in [0.1, 0.15) is 5.37 Å². The quantitative estimate of drug-likeness (QED) is 0.856. The molecule has 1 aliphatic heterocycles. The lowest BCUT2D eigenvalue weighted by Crippen LogP contribution is -2.51. The standard InChI is InChI=1S/C15H24N2O2S2/c1-15(2,12-4-6-13(16)7-5-12)11-17-8-9-20-10-14(17)21(3,18)19/h4-7,14H,8-11,16H2,1-3H3. The number of nitrogen functional groups attached to an aromatic ring is 1. The van der Waals surface area contributed by atoms with Gasteiger partial charge in [-0.2, -0.15) is 11.8 Å². The highest BCUT2D eigenvalue weighted by molar-refractivity contribution is 8.00. The number of hydrogen-bond acceptors (Lipinski definition) is 5. The minimum Gasteiger partial charge on any atom is -0.399 e. The third-order valence-corrected chi connectivity index (χ3v) is 6.66. The molecular weight excluding hydrogens is 304 g/mol. The Bertz CT molecular complexity index is 582. The van der Waals surface area contributed by atoms with Crippen LogP contribution < -0.4 is 5.73 Å². The van der Waals surface area contributed by atoms with E-state index >= 15 is 0 Å². The van der Waals surface area contributed by atoms with E-state index in [0.717, 1.165) is 24.5 Å². The summed E-state index contributed by atoms with van der Waals surface area (Å²) in [5.41, 5.74) is 7.56. The summed E-state index contributed by atoms with van der Waals surface area (Å²) in [5.74, 6) is 1.65. The van der Waals surface area contributed by atoms with E-state index in [9.17, 15) is 8.42 Å². The molecule has 6 heteroatoms. The molecule has 1 saturated heterocycles. The Kier molecular flexibility index (Phi) is 4.90. The monoisotopic (exact) mass is 328 g/mol. The van der Waals surface area contributed by atoms with Gasteiger partial charge in [-0.15, -0.1) is 0 Å². The predicted octanol–water partition coefficient (Wildman–Crippen LogP) is 1.97. The molecule has 0 aromatic heterocycles. The van der Waals surface area contributed by atoms with Crippen molar-refractivity contribution < 1.29 is 8.42 Å². The number of sulfone groups is 1. The van der Waals surface area contributed by atoms with Crippen LogP contribution in [0.3, 0.4) is 0 Å². The fourth-order valence-corrected chi connectivity index (χ4v) is 5.67. The molecule has 0 amide bonds. The number of rotatable bonds is 4. The minimum atomic E-state index is -3.05. The maximum absolute atomic E-state index is 12.0. The smallest absolute Gasteiger partial charge is 0.164 e. The van der Waals surface area contributed by atoms with Crippen molar-refractivity contribution >= 4 is 27.3 Å². The Balaban J connectivity index is 2.19. The zero-order valence-corrected chi connectivity index (χ0v) is 14.5. The van der Waals surface area contributed by atoms with E-state index < -0.39 is 9.84 Å². The molecule has 118 valence electrons. The normalized spacial score (nSPS) is 21.4. The largest absolute Gasteiger partial charge is 0.399 e. The molecule has 0 spiro atoms. The summed E-state index contributed by atoms with van der Waals surface area (Å²) < 4.78 is 24.0. The second-order valence-corrected chi connectivity index (χ2v) is 9.69.